The molecular weight excluding hydrogens is 454 g/mol. The predicted molar refractivity (Wildman–Crippen MR) is 144 cm³/mol. The highest BCUT2D eigenvalue weighted by Crippen LogP contribution is 2.36. The summed E-state index contributed by atoms with van der Waals surface area (Å²) in [5.41, 5.74) is 3.79. The number of ether oxygens (including phenoxy) is 2. The summed E-state index contributed by atoms with van der Waals surface area (Å²) in [4.78, 5) is 11.2. The summed E-state index contributed by atoms with van der Waals surface area (Å²) in [6.07, 6.45) is 6.15. The molecule has 2 aromatic carbocycles. The van der Waals surface area contributed by atoms with Gasteiger partial charge in [0, 0.05) is 48.9 Å². The number of aryl methyl sites for hydroxylation is 2. The number of thiazole rings is 1. The lowest BCUT2D eigenvalue weighted by Gasteiger charge is -2.42. The second kappa shape index (κ2) is 11.0. The number of benzene rings is 2. The second-order valence-electron chi connectivity index (χ2n) is 9.86. The van der Waals surface area contributed by atoms with Crippen LogP contribution in [-0.2, 0) is 13.0 Å². The Balaban J connectivity index is 1.36. The molecule has 5 rings (SSSR count). The number of hydrogen-bond acceptors (Lipinski definition) is 6. The topological polar surface area (TPSA) is 37.8 Å². The van der Waals surface area contributed by atoms with Crippen molar-refractivity contribution in [1.82, 2.24) is 9.88 Å². The third kappa shape index (κ3) is 5.81. The minimum absolute atomic E-state index is 0.313. The second-order valence-corrected chi connectivity index (χ2v) is 11.1. The van der Waals surface area contributed by atoms with Crippen LogP contribution in [0.15, 0.2) is 48.5 Å². The smallest absolute Gasteiger partial charge is 0.163 e. The molecule has 5 nitrogen and oxygen atoms in total. The minimum Gasteiger partial charge on any atom is -0.493 e. The normalized spacial score (nSPS) is 19.3. The van der Waals surface area contributed by atoms with Gasteiger partial charge in [-0.15, -0.1) is 11.3 Å². The van der Waals surface area contributed by atoms with E-state index in [2.05, 4.69) is 77.2 Å². The first-order chi connectivity index (χ1) is 17.1. The van der Waals surface area contributed by atoms with E-state index in [4.69, 9.17) is 9.47 Å². The van der Waals surface area contributed by atoms with E-state index in [1.165, 1.54) is 34.7 Å². The maximum Gasteiger partial charge on any atom is 0.163 e. The molecule has 1 aliphatic heterocycles. The number of hydrogen-bond donors (Lipinski definition) is 0. The third-order valence-corrected chi connectivity index (χ3v) is 8.43. The van der Waals surface area contributed by atoms with Gasteiger partial charge < -0.3 is 14.4 Å². The van der Waals surface area contributed by atoms with Crippen molar-refractivity contribution < 1.29 is 9.47 Å². The Labute approximate surface area is 213 Å². The van der Waals surface area contributed by atoms with Crippen LogP contribution in [0.1, 0.15) is 46.8 Å². The van der Waals surface area contributed by atoms with Crippen LogP contribution in [-0.4, -0.2) is 48.8 Å². The van der Waals surface area contributed by atoms with Crippen molar-refractivity contribution in [3.05, 3.63) is 69.7 Å². The Hall–Kier alpha value is -2.57. The van der Waals surface area contributed by atoms with Crippen molar-refractivity contribution in [2.75, 3.05) is 31.6 Å². The van der Waals surface area contributed by atoms with Crippen LogP contribution in [0, 0.1) is 13.8 Å². The average Bonchev–Trinajstić information content (AvgIpc) is 3.49. The van der Waals surface area contributed by atoms with Gasteiger partial charge in [0.2, 0.25) is 0 Å². The van der Waals surface area contributed by atoms with E-state index in [0.29, 0.717) is 12.1 Å². The maximum absolute atomic E-state index is 6.40. The van der Waals surface area contributed by atoms with Crippen LogP contribution >= 0.6 is 11.3 Å². The van der Waals surface area contributed by atoms with Crippen molar-refractivity contribution in [1.29, 1.82) is 0 Å². The predicted octanol–water partition coefficient (Wildman–Crippen LogP) is 6.02. The molecule has 1 aliphatic carbocycles. The average molecular weight is 492 g/mol. The molecule has 0 radical (unpaired) electrons. The highest BCUT2D eigenvalue weighted by atomic mass is 32.1. The molecule has 0 spiro atoms. The fourth-order valence-corrected chi connectivity index (χ4v) is 6.42. The van der Waals surface area contributed by atoms with Crippen LogP contribution in [0.2, 0.25) is 0 Å². The molecule has 1 unspecified atom stereocenters. The molecule has 1 aromatic heterocycles. The summed E-state index contributed by atoms with van der Waals surface area (Å²) < 4.78 is 12.0. The van der Waals surface area contributed by atoms with Gasteiger partial charge in [-0.1, -0.05) is 30.3 Å². The molecule has 2 fully saturated rings. The Bertz CT molecular complexity index is 1110. The van der Waals surface area contributed by atoms with Crippen LogP contribution in [0.4, 0.5) is 5.69 Å². The Morgan fingerprint density at radius 3 is 2.51 bits per heavy atom. The molecule has 0 N–H and O–H groups in total. The minimum atomic E-state index is 0.313. The molecule has 2 aliphatic rings. The van der Waals surface area contributed by atoms with Gasteiger partial charge in [0.05, 0.1) is 23.9 Å². The number of aromatic nitrogens is 1. The molecule has 1 atom stereocenters. The lowest BCUT2D eigenvalue weighted by molar-refractivity contribution is 0.168. The molecular formula is C29H37N3O2S. The summed E-state index contributed by atoms with van der Waals surface area (Å²) in [7, 11) is 1.73. The third-order valence-electron chi connectivity index (χ3n) is 7.37. The van der Waals surface area contributed by atoms with E-state index in [1.54, 1.807) is 7.11 Å². The number of methoxy groups -OCH3 is 1. The monoisotopic (exact) mass is 491 g/mol. The number of rotatable bonds is 8. The molecule has 0 bridgehead atoms. The van der Waals surface area contributed by atoms with Crippen molar-refractivity contribution in [2.45, 2.75) is 64.6 Å². The van der Waals surface area contributed by atoms with Crippen molar-refractivity contribution >= 4 is 17.0 Å². The molecule has 35 heavy (non-hydrogen) atoms. The Kier molecular flexibility index (Phi) is 7.59. The molecule has 6 heteroatoms. The Morgan fingerprint density at radius 1 is 1.00 bits per heavy atom. The largest absolute Gasteiger partial charge is 0.493 e. The summed E-state index contributed by atoms with van der Waals surface area (Å²) in [5, 5.41) is 1.16. The summed E-state index contributed by atoms with van der Waals surface area (Å²) in [6.45, 7) is 8.23. The van der Waals surface area contributed by atoms with Gasteiger partial charge in [-0.05, 0) is 63.6 Å². The van der Waals surface area contributed by atoms with E-state index in [1.807, 2.05) is 11.3 Å². The SMILES string of the molecule is COc1ccc(N2CCN(Cc3sc(C)nc3C)C(Cc3ccccc3)C2)cc1OC1CCCC1. The first-order valence-corrected chi connectivity index (χ1v) is 13.7. The van der Waals surface area contributed by atoms with Gasteiger partial charge in [0.1, 0.15) is 0 Å². The first-order valence-electron chi connectivity index (χ1n) is 12.9. The summed E-state index contributed by atoms with van der Waals surface area (Å²) in [6, 6.07) is 17.8. The van der Waals surface area contributed by atoms with Gasteiger partial charge in [-0.2, -0.15) is 0 Å². The van der Waals surface area contributed by atoms with E-state index >= 15 is 0 Å². The van der Waals surface area contributed by atoms with Crippen molar-refractivity contribution in [2.24, 2.45) is 0 Å². The maximum atomic E-state index is 6.40. The molecule has 186 valence electrons. The lowest BCUT2D eigenvalue weighted by Crippen LogP contribution is -2.53. The van der Waals surface area contributed by atoms with Gasteiger partial charge in [-0.3, -0.25) is 4.90 Å². The van der Waals surface area contributed by atoms with Crippen LogP contribution in [0.3, 0.4) is 0 Å². The van der Waals surface area contributed by atoms with E-state index in [0.717, 1.165) is 61.9 Å². The lowest BCUT2D eigenvalue weighted by atomic mass is 10.0. The first kappa shape index (κ1) is 24.1. The molecule has 0 amide bonds. The van der Waals surface area contributed by atoms with Crippen LogP contribution in [0.5, 0.6) is 11.5 Å². The zero-order chi connectivity index (χ0) is 24.2. The fraction of sp³-hybridized carbons (Fsp3) is 0.483. The van der Waals surface area contributed by atoms with Gasteiger partial charge in [0.25, 0.3) is 0 Å². The van der Waals surface area contributed by atoms with E-state index in [-0.39, 0.29) is 0 Å². The number of nitrogens with zero attached hydrogens (tertiary/aromatic N) is 3. The van der Waals surface area contributed by atoms with E-state index in [9.17, 15) is 0 Å². The zero-order valence-corrected chi connectivity index (χ0v) is 22.0. The van der Waals surface area contributed by atoms with Gasteiger partial charge in [0.15, 0.2) is 11.5 Å². The van der Waals surface area contributed by atoms with Crippen LogP contribution in [0.25, 0.3) is 0 Å². The van der Waals surface area contributed by atoms with Crippen LogP contribution < -0.4 is 14.4 Å². The zero-order valence-electron chi connectivity index (χ0n) is 21.2. The molecule has 1 saturated carbocycles. The van der Waals surface area contributed by atoms with Crippen molar-refractivity contribution in [3.63, 3.8) is 0 Å². The number of piperazine rings is 1. The highest BCUT2D eigenvalue weighted by Gasteiger charge is 2.29. The van der Waals surface area contributed by atoms with Gasteiger partial charge >= 0.3 is 0 Å². The van der Waals surface area contributed by atoms with Gasteiger partial charge in [-0.25, -0.2) is 4.98 Å². The highest BCUT2D eigenvalue weighted by molar-refractivity contribution is 7.11. The van der Waals surface area contributed by atoms with E-state index < -0.39 is 0 Å². The summed E-state index contributed by atoms with van der Waals surface area (Å²) >= 11 is 1.84. The Morgan fingerprint density at radius 2 is 1.80 bits per heavy atom. The molecule has 1 saturated heterocycles. The summed E-state index contributed by atoms with van der Waals surface area (Å²) in [5.74, 6) is 1.71. The molecule has 3 aromatic rings. The van der Waals surface area contributed by atoms with Crippen molar-refractivity contribution in [3.8, 4) is 11.5 Å². The molecule has 2 heterocycles. The number of anilines is 1. The quantitative estimate of drug-likeness (QED) is 0.385. The fourth-order valence-electron chi connectivity index (χ4n) is 5.46. The standard InChI is InChI=1S/C29H37N3O2S/c1-21-29(35-22(2)30-21)20-32-16-15-31(19-25(32)17-23-9-5-4-6-10-23)24-13-14-27(33-3)28(18-24)34-26-11-7-8-12-26/h4-6,9-10,13-14,18,25-26H,7-8,11-12,15-17,19-20H2,1-3H3.